The van der Waals surface area contributed by atoms with E-state index in [0.717, 1.165) is 34.6 Å². The van der Waals surface area contributed by atoms with Crippen LogP contribution in [-0.4, -0.2) is 46.0 Å². The highest BCUT2D eigenvalue weighted by Gasteiger charge is 2.35. The number of halogens is 2. The molecule has 0 radical (unpaired) electrons. The molecule has 1 aromatic heterocycles. The number of rotatable bonds is 7. The minimum atomic E-state index is -4.09. The molecule has 0 saturated carbocycles. The van der Waals surface area contributed by atoms with Crippen LogP contribution < -0.4 is 14.4 Å². The SMILES string of the molecule is COc1ccc(Cc2csc(N3CCC(S(=O)(=O)c4c(F)cccc4F)CC3)n2)cc1OC. The van der Waals surface area contributed by atoms with Gasteiger partial charge in [0.1, 0.15) is 16.5 Å². The second kappa shape index (κ2) is 9.64. The van der Waals surface area contributed by atoms with Gasteiger partial charge in [0.2, 0.25) is 0 Å². The van der Waals surface area contributed by atoms with Crippen molar-refractivity contribution in [3.63, 3.8) is 0 Å². The molecule has 2 aromatic carbocycles. The molecule has 1 aliphatic rings. The summed E-state index contributed by atoms with van der Waals surface area (Å²) in [6, 6.07) is 8.83. The van der Waals surface area contributed by atoms with E-state index >= 15 is 0 Å². The molecule has 0 N–H and O–H groups in total. The van der Waals surface area contributed by atoms with Crippen LogP contribution in [0.3, 0.4) is 0 Å². The van der Waals surface area contributed by atoms with Gasteiger partial charge in [-0.25, -0.2) is 22.2 Å². The second-order valence-corrected chi connectivity index (χ2v) is 10.8. The molecule has 33 heavy (non-hydrogen) atoms. The lowest BCUT2D eigenvalue weighted by Crippen LogP contribution is -2.39. The van der Waals surface area contributed by atoms with Crippen molar-refractivity contribution in [3.8, 4) is 11.5 Å². The van der Waals surface area contributed by atoms with E-state index in [2.05, 4.69) is 0 Å². The first-order chi connectivity index (χ1) is 15.8. The fraction of sp³-hybridized carbons (Fsp3) is 0.348. The third-order valence-corrected chi connectivity index (χ3v) is 8.99. The lowest BCUT2D eigenvalue weighted by atomic mass is 10.1. The summed E-state index contributed by atoms with van der Waals surface area (Å²) in [6.45, 7) is 0.895. The monoisotopic (exact) mass is 494 g/mol. The third kappa shape index (κ3) is 4.81. The third-order valence-electron chi connectivity index (χ3n) is 5.73. The van der Waals surface area contributed by atoms with Crippen LogP contribution in [0.5, 0.6) is 11.5 Å². The number of aromatic nitrogens is 1. The van der Waals surface area contributed by atoms with Gasteiger partial charge in [0.15, 0.2) is 26.5 Å². The maximum atomic E-state index is 14.1. The van der Waals surface area contributed by atoms with Crippen molar-refractivity contribution < 1.29 is 26.7 Å². The number of sulfone groups is 1. The van der Waals surface area contributed by atoms with Gasteiger partial charge in [0, 0.05) is 24.9 Å². The molecule has 0 atom stereocenters. The molecule has 176 valence electrons. The van der Waals surface area contributed by atoms with Crippen molar-refractivity contribution in [2.24, 2.45) is 0 Å². The van der Waals surface area contributed by atoms with Gasteiger partial charge in [0.05, 0.1) is 25.2 Å². The molecule has 10 heteroatoms. The van der Waals surface area contributed by atoms with Gasteiger partial charge < -0.3 is 14.4 Å². The van der Waals surface area contributed by atoms with E-state index in [1.165, 1.54) is 11.3 Å². The number of hydrogen-bond donors (Lipinski definition) is 0. The lowest BCUT2D eigenvalue weighted by Gasteiger charge is -2.31. The summed E-state index contributed by atoms with van der Waals surface area (Å²) in [4.78, 5) is 5.90. The van der Waals surface area contributed by atoms with Crippen molar-refractivity contribution in [2.75, 3.05) is 32.2 Å². The summed E-state index contributed by atoms with van der Waals surface area (Å²) in [6.07, 6.45) is 1.18. The molecule has 3 aromatic rings. The molecule has 6 nitrogen and oxygen atoms in total. The van der Waals surface area contributed by atoms with Crippen LogP contribution in [0.1, 0.15) is 24.1 Å². The van der Waals surface area contributed by atoms with Gasteiger partial charge in [-0.05, 0) is 42.7 Å². The summed E-state index contributed by atoms with van der Waals surface area (Å²) < 4.78 is 64.4. The second-order valence-electron chi connectivity index (χ2n) is 7.77. The first-order valence-corrected chi connectivity index (χ1v) is 12.8. The molecule has 0 spiro atoms. The summed E-state index contributed by atoms with van der Waals surface area (Å²) in [5.41, 5.74) is 1.92. The maximum absolute atomic E-state index is 14.1. The molecular weight excluding hydrogens is 470 g/mol. The van der Waals surface area contributed by atoms with Crippen LogP contribution >= 0.6 is 11.3 Å². The number of hydrogen-bond acceptors (Lipinski definition) is 7. The Hall–Kier alpha value is -2.72. The van der Waals surface area contributed by atoms with E-state index in [9.17, 15) is 17.2 Å². The van der Waals surface area contributed by atoms with Crippen LogP contribution in [0.25, 0.3) is 0 Å². The smallest absolute Gasteiger partial charge is 0.187 e. The van der Waals surface area contributed by atoms with Gasteiger partial charge in [-0.15, -0.1) is 11.3 Å². The molecule has 0 bridgehead atoms. The molecule has 1 fully saturated rings. The summed E-state index contributed by atoms with van der Waals surface area (Å²) >= 11 is 1.49. The molecule has 1 saturated heterocycles. The largest absolute Gasteiger partial charge is 0.493 e. The number of ether oxygens (including phenoxy) is 2. The van der Waals surface area contributed by atoms with Gasteiger partial charge >= 0.3 is 0 Å². The first-order valence-electron chi connectivity index (χ1n) is 10.4. The topological polar surface area (TPSA) is 68.7 Å². The Bertz CT molecular complexity index is 1220. The minimum absolute atomic E-state index is 0.278. The standard InChI is InChI=1S/C23H24F2N2O4S2/c1-30-20-7-6-15(13-21(20)31-2)12-16-14-32-23(26-16)27-10-8-17(9-11-27)33(28,29)22-18(24)4-3-5-19(22)25/h3-7,13-14,17H,8-12H2,1-2H3. The number of thiazole rings is 1. The predicted molar refractivity (Wildman–Crippen MR) is 123 cm³/mol. The van der Waals surface area contributed by atoms with Gasteiger partial charge in [-0.1, -0.05) is 12.1 Å². The highest BCUT2D eigenvalue weighted by molar-refractivity contribution is 7.92. The number of nitrogens with zero attached hydrogens (tertiary/aromatic N) is 2. The zero-order chi connectivity index (χ0) is 23.6. The van der Waals surface area contributed by atoms with Crippen LogP contribution in [-0.2, 0) is 16.3 Å². The van der Waals surface area contributed by atoms with Gasteiger partial charge in [0.25, 0.3) is 0 Å². The molecule has 1 aliphatic heterocycles. The highest BCUT2D eigenvalue weighted by atomic mass is 32.2. The van der Waals surface area contributed by atoms with Crippen molar-refractivity contribution in [1.29, 1.82) is 0 Å². The van der Waals surface area contributed by atoms with Crippen molar-refractivity contribution in [1.82, 2.24) is 4.98 Å². The maximum Gasteiger partial charge on any atom is 0.187 e. The fourth-order valence-corrected chi connectivity index (χ4v) is 6.72. The normalized spacial score (nSPS) is 15.0. The number of piperidine rings is 1. The van der Waals surface area contributed by atoms with Gasteiger partial charge in [-0.2, -0.15) is 0 Å². The average Bonchev–Trinajstić information content (AvgIpc) is 3.27. The Morgan fingerprint density at radius 1 is 1.06 bits per heavy atom. The Kier molecular flexibility index (Phi) is 6.85. The molecule has 2 heterocycles. The molecular formula is C23H24F2N2O4S2. The Labute approximate surface area is 195 Å². The molecule has 4 rings (SSSR count). The number of methoxy groups -OCH3 is 2. The Morgan fingerprint density at radius 3 is 2.36 bits per heavy atom. The van der Waals surface area contributed by atoms with E-state index in [4.69, 9.17) is 14.5 Å². The van der Waals surface area contributed by atoms with E-state index in [-0.39, 0.29) is 12.8 Å². The van der Waals surface area contributed by atoms with Crippen molar-refractivity contribution >= 4 is 26.3 Å². The molecule has 0 amide bonds. The average molecular weight is 495 g/mol. The van der Waals surface area contributed by atoms with E-state index in [1.54, 1.807) is 14.2 Å². The molecule has 0 unspecified atom stereocenters. The quantitative estimate of drug-likeness (QED) is 0.483. The lowest BCUT2D eigenvalue weighted by molar-refractivity contribution is 0.354. The zero-order valence-corrected chi connectivity index (χ0v) is 19.9. The van der Waals surface area contributed by atoms with Gasteiger partial charge in [-0.3, -0.25) is 0 Å². The highest BCUT2D eigenvalue weighted by Crippen LogP contribution is 2.32. The van der Waals surface area contributed by atoms with E-state index < -0.39 is 31.6 Å². The fourth-order valence-electron chi connectivity index (χ4n) is 4.00. The number of anilines is 1. The minimum Gasteiger partial charge on any atom is -0.493 e. The van der Waals surface area contributed by atoms with Crippen LogP contribution in [0.4, 0.5) is 13.9 Å². The summed E-state index contributed by atoms with van der Waals surface area (Å²) in [7, 11) is -0.914. The van der Waals surface area contributed by atoms with Crippen LogP contribution in [0, 0.1) is 11.6 Å². The van der Waals surface area contributed by atoms with E-state index in [0.29, 0.717) is 31.0 Å². The van der Waals surface area contributed by atoms with Crippen LogP contribution in [0.15, 0.2) is 46.7 Å². The molecule has 0 aliphatic carbocycles. The van der Waals surface area contributed by atoms with Crippen molar-refractivity contribution in [3.05, 3.63) is 64.7 Å². The summed E-state index contributed by atoms with van der Waals surface area (Å²) in [5.74, 6) is -0.775. The van der Waals surface area contributed by atoms with Crippen LogP contribution in [0.2, 0.25) is 0 Å². The van der Waals surface area contributed by atoms with Crippen molar-refractivity contribution in [2.45, 2.75) is 29.4 Å². The first kappa shape index (κ1) is 23.4. The van der Waals surface area contributed by atoms with E-state index in [1.807, 2.05) is 28.5 Å². The summed E-state index contributed by atoms with van der Waals surface area (Å²) in [5, 5.41) is 1.95. The predicted octanol–water partition coefficient (Wildman–Crippen LogP) is 4.47. The Morgan fingerprint density at radius 2 is 1.73 bits per heavy atom. The number of benzene rings is 2. The zero-order valence-electron chi connectivity index (χ0n) is 18.3. The Balaban J connectivity index is 1.42.